The molecule has 0 bridgehead atoms. The molecule has 486 valence electrons. The van der Waals surface area contributed by atoms with Crippen LogP contribution in [0.5, 0.6) is 0 Å². The summed E-state index contributed by atoms with van der Waals surface area (Å²) in [6.07, 6.45) is 48.1. The Morgan fingerprint density at radius 1 is 0.427 bits per heavy atom. The maximum absolute atomic E-state index is 13.3. The minimum atomic E-state index is -1.78. The maximum Gasteiger partial charge on any atom is 0.220 e. The van der Waals surface area contributed by atoms with Crippen molar-refractivity contribution in [3.05, 3.63) is 12.2 Å². The van der Waals surface area contributed by atoms with Crippen LogP contribution in [0.1, 0.15) is 322 Å². The van der Waals surface area contributed by atoms with E-state index in [-0.39, 0.29) is 12.5 Å². The zero-order valence-corrected chi connectivity index (χ0v) is 52.8. The van der Waals surface area contributed by atoms with Gasteiger partial charge in [-0.1, -0.05) is 289 Å². The summed E-state index contributed by atoms with van der Waals surface area (Å²) >= 11 is 0. The highest BCUT2D eigenvalue weighted by Gasteiger charge is 2.51. The van der Waals surface area contributed by atoms with Gasteiger partial charge in [-0.05, 0) is 38.5 Å². The van der Waals surface area contributed by atoms with E-state index in [4.69, 9.17) is 18.9 Å². The van der Waals surface area contributed by atoms with Crippen molar-refractivity contribution in [2.45, 2.75) is 396 Å². The fourth-order valence-electron chi connectivity index (χ4n) is 11.9. The molecule has 0 aromatic rings. The summed E-state index contributed by atoms with van der Waals surface area (Å²) in [5.74, 6) is -0.199. The van der Waals surface area contributed by atoms with Crippen molar-refractivity contribution in [1.29, 1.82) is 0 Å². The molecular weight excluding hydrogens is 1040 g/mol. The lowest BCUT2D eigenvalue weighted by molar-refractivity contribution is -0.359. The molecule has 0 aromatic carbocycles. The van der Waals surface area contributed by atoms with Crippen molar-refractivity contribution in [2.24, 2.45) is 0 Å². The third-order valence-electron chi connectivity index (χ3n) is 17.5. The van der Waals surface area contributed by atoms with Gasteiger partial charge in [-0.3, -0.25) is 4.79 Å². The molecular formula is C68H131NO13. The second-order valence-corrected chi connectivity index (χ2v) is 25.0. The molecule has 2 heterocycles. The highest BCUT2D eigenvalue weighted by Crippen LogP contribution is 2.30. The number of unbranched alkanes of at least 4 members (excludes halogenated alkanes) is 43. The number of hydrogen-bond donors (Lipinski definition) is 9. The number of aliphatic hydroxyl groups excluding tert-OH is 8. The minimum absolute atomic E-state index is 0.199. The van der Waals surface area contributed by atoms with Crippen LogP contribution in [0, 0.1) is 0 Å². The van der Waals surface area contributed by atoms with Crippen LogP contribution in [-0.4, -0.2) is 140 Å². The van der Waals surface area contributed by atoms with Crippen LogP contribution in [0.25, 0.3) is 0 Å². The molecule has 2 saturated heterocycles. The molecule has 2 fully saturated rings. The molecule has 14 heteroatoms. The first-order valence-corrected chi connectivity index (χ1v) is 34.9. The molecule has 1 amide bonds. The van der Waals surface area contributed by atoms with Crippen LogP contribution >= 0.6 is 0 Å². The normalized spacial score (nSPS) is 23.9. The minimum Gasteiger partial charge on any atom is -0.394 e. The van der Waals surface area contributed by atoms with Crippen LogP contribution in [0.2, 0.25) is 0 Å². The van der Waals surface area contributed by atoms with E-state index >= 15 is 0 Å². The van der Waals surface area contributed by atoms with Crippen LogP contribution < -0.4 is 5.32 Å². The Labute approximate surface area is 501 Å². The van der Waals surface area contributed by atoms with Gasteiger partial charge in [0.1, 0.15) is 48.8 Å². The van der Waals surface area contributed by atoms with E-state index < -0.39 is 86.8 Å². The first kappa shape index (κ1) is 76.8. The predicted octanol–water partition coefficient (Wildman–Crippen LogP) is 13.8. The zero-order valence-electron chi connectivity index (χ0n) is 52.8. The number of aliphatic hydroxyl groups is 8. The lowest BCUT2D eigenvalue weighted by Gasteiger charge is -2.46. The van der Waals surface area contributed by atoms with E-state index in [2.05, 4.69) is 31.3 Å². The maximum atomic E-state index is 13.3. The number of rotatable bonds is 58. The van der Waals surface area contributed by atoms with E-state index in [0.29, 0.717) is 12.8 Å². The lowest BCUT2D eigenvalue weighted by Crippen LogP contribution is -2.65. The molecule has 82 heavy (non-hydrogen) atoms. The van der Waals surface area contributed by atoms with Gasteiger partial charge in [-0.25, -0.2) is 0 Å². The SMILES string of the molecule is CCCCCCCCCC/C=C\CCCCCCCCCCCCCCCCCCCCCCCC(=O)NC(COC1OC(CO)C(OC2OC(CO)C(O)C(O)C2O)C(O)C1O)C(O)CCCCCCCCCCCCCCCCC. The molecule has 12 atom stereocenters. The smallest absolute Gasteiger partial charge is 0.220 e. The van der Waals surface area contributed by atoms with Crippen LogP contribution in [0.3, 0.4) is 0 Å². The van der Waals surface area contributed by atoms with Crippen molar-refractivity contribution in [2.75, 3.05) is 19.8 Å². The third-order valence-corrected chi connectivity index (χ3v) is 17.5. The summed E-state index contributed by atoms with van der Waals surface area (Å²) < 4.78 is 22.9. The summed E-state index contributed by atoms with van der Waals surface area (Å²) in [6.45, 7) is 2.90. The monoisotopic (exact) mass is 1170 g/mol. The summed E-state index contributed by atoms with van der Waals surface area (Å²) in [5, 5.41) is 87.4. The standard InChI is InChI=1S/C68H131NO13/c1-3-5-7-9-11-13-15-17-19-20-21-22-23-24-25-26-27-28-29-30-31-32-33-34-35-36-38-40-42-44-46-48-50-52-60(73)69-56(57(72)51-49-47-45-43-41-39-37-18-16-14-12-10-8-6-4-2)55-79-67-65(78)63(76)66(59(54-71)81-67)82-68-64(77)62(75)61(74)58(53-70)80-68/h20-21,56-59,61-68,70-72,74-78H,3-19,22-55H2,1-2H3,(H,69,73)/b21-20-. The van der Waals surface area contributed by atoms with Crippen LogP contribution in [0.15, 0.2) is 12.2 Å². The second-order valence-electron chi connectivity index (χ2n) is 25.0. The van der Waals surface area contributed by atoms with Gasteiger partial charge in [0.15, 0.2) is 12.6 Å². The van der Waals surface area contributed by atoms with Crippen LogP contribution in [-0.2, 0) is 23.7 Å². The molecule has 14 nitrogen and oxygen atoms in total. The number of carbonyl (C=O) groups is 1. The Bertz CT molecular complexity index is 1420. The van der Waals surface area contributed by atoms with Crippen molar-refractivity contribution in [3.8, 4) is 0 Å². The Balaban J connectivity index is 1.60. The Hall–Kier alpha value is -1.27. The summed E-state index contributed by atoms with van der Waals surface area (Å²) in [6, 6.07) is -0.825. The van der Waals surface area contributed by atoms with Crippen molar-refractivity contribution in [1.82, 2.24) is 5.32 Å². The van der Waals surface area contributed by atoms with E-state index in [9.17, 15) is 45.6 Å². The Morgan fingerprint density at radius 3 is 1.16 bits per heavy atom. The molecule has 12 unspecified atom stereocenters. The number of nitrogens with one attached hydrogen (secondary N) is 1. The molecule has 0 aliphatic carbocycles. The Kier molecular flexibility index (Phi) is 50.5. The molecule has 0 radical (unpaired) electrons. The van der Waals surface area contributed by atoms with Gasteiger partial charge in [0.2, 0.25) is 5.91 Å². The zero-order chi connectivity index (χ0) is 59.5. The molecule has 0 saturated carbocycles. The van der Waals surface area contributed by atoms with E-state index in [0.717, 1.165) is 51.4 Å². The van der Waals surface area contributed by atoms with Gasteiger partial charge in [-0.15, -0.1) is 0 Å². The van der Waals surface area contributed by atoms with E-state index in [1.807, 2.05) is 0 Å². The Morgan fingerprint density at radius 2 is 0.768 bits per heavy atom. The van der Waals surface area contributed by atoms with Gasteiger partial charge >= 0.3 is 0 Å². The fourth-order valence-corrected chi connectivity index (χ4v) is 11.9. The first-order valence-electron chi connectivity index (χ1n) is 34.9. The van der Waals surface area contributed by atoms with Crippen LogP contribution in [0.4, 0.5) is 0 Å². The van der Waals surface area contributed by atoms with Gasteiger partial charge in [0.05, 0.1) is 32.0 Å². The first-order chi connectivity index (χ1) is 40.1. The average molecular weight is 1170 g/mol. The number of hydrogen-bond acceptors (Lipinski definition) is 13. The number of amides is 1. The number of ether oxygens (including phenoxy) is 4. The lowest BCUT2D eigenvalue weighted by atomic mass is 9.97. The number of allylic oxidation sites excluding steroid dienone is 2. The summed E-state index contributed by atoms with van der Waals surface area (Å²) in [4.78, 5) is 13.3. The quantitative estimate of drug-likeness (QED) is 0.0204. The second kappa shape index (κ2) is 53.9. The highest BCUT2D eigenvalue weighted by molar-refractivity contribution is 5.76. The third kappa shape index (κ3) is 38.1. The van der Waals surface area contributed by atoms with Crippen molar-refractivity contribution in [3.63, 3.8) is 0 Å². The van der Waals surface area contributed by atoms with Gasteiger partial charge in [0, 0.05) is 6.42 Å². The summed E-state index contributed by atoms with van der Waals surface area (Å²) in [5.41, 5.74) is 0. The van der Waals surface area contributed by atoms with Crippen molar-refractivity contribution >= 4 is 5.91 Å². The van der Waals surface area contributed by atoms with Crippen molar-refractivity contribution < 1.29 is 64.6 Å². The fraction of sp³-hybridized carbons (Fsp3) is 0.956. The molecule has 0 spiro atoms. The van der Waals surface area contributed by atoms with Gasteiger partial charge < -0.3 is 65.1 Å². The predicted molar refractivity (Wildman–Crippen MR) is 332 cm³/mol. The largest absolute Gasteiger partial charge is 0.394 e. The van der Waals surface area contributed by atoms with Gasteiger partial charge in [0.25, 0.3) is 0 Å². The molecule has 2 aliphatic rings. The average Bonchev–Trinajstić information content (AvgIpc) is 3.60. The van der Waals surface area contributed by atoms with E-state index in [1.165, 1.54) is 244 Å². The van der Waals surface area contributed by atoms with E-state index in [1.54, 1.807) is 0 Å². The molecule has 2 aliphatic heterocycles. The van der Waals surface area contributed by atoms with Gasteiger partial charge in [-0.2, -0.15) is 0 Å². The molecule has 0 aromatic heterocycles. The topological polar surface area (TPSA) is 228 Å². The number of carbonyl (C=O) groups excluding carboxylic acids is 1. The highest BCUT2D eigenvalue weighted by atomic mass is 16.7. The molecule has 9 N–H and O–H groups in total. The molecule has 2 rings (SSSR count). The summed E-state index contributed by atoms with van der Waals surface area (Å²) in [7, 11) is 0.